The molecule has 134 valence electrons. The zero-order valence-corrected chi connectivity index (χ0v) is 14.7. The molecule has 1 spiro atoms. The van der Waals surface area contributed by atoms with Crippen LogP contribution in [0.5, 0.6) is 0 Å². The van der Waals surface area contributed by atoms with E-state index < -0.39 is 5.72 Å². The van der Waals surface area contributed by atoms with Crippen LogP contribution in [0.3, 0.4) is 0 Å². The number of hydrogen-bond donors (Lipinski definition) is 0. The third-order valence-electron chi connectivity index (χ3n) is 6.06. The molecule has 0 bridgehead atoms. The summed E-state index contributed by atoms with van der Waals surface area (Å²) in [5.41, 5.74) is 1.06. The van der Waals surface area contributed by atoms with Crippen LogP contribution < -0.4 is 0 Å². The lowest BCUT2D eigenvalue weighted by molar-refractivity contribution is -0.138. The Morgan fingerprint density at radius 3 is 2.73 bits per heavy atom. The molecule has 26 heavy (non-hydrogen) atoms. The highest BCUT2D eigenvalue weighted by Crippen LogP contribution is 2.51. The average Bonchev–Trinajstić information content (AvgIpc) is 3.37. The van der Waals surface area contributed by atoms with E-state index in [-0.39, 0.29) is 23.9 Å². The summed E-state index contributed by atoms with van der Waals surface area (Å²) in [6.07, 6.45) is 2.87. The lowest BCUT2D eigenvalue weighted by Crippen LogP contribution is -2.49. The standard InChI is InChI=1S/C20H21N3O3/c1-21-10-5-8-15(21)19(25)22-11-9-20-17(22)12-18(24)23(20)16(13-26-20)14-6-3-2-4-7-14/h2-8,10,16-17H,9,11-13H2,1H3/t16-,17+,20-/m0/s1. The van der Waals surface area contributed by atoms with Crippen molar-refractivity contribution in [2.24, 2.45) is 7.05 Å². The second kappa shape index (κ2) is 5.45. The second-order valence-electron chi connectivity index (χ2n) is 7.32. The van der Waals surface area contributed by atoms with E-state index in [9.17, 15) is 9.59 Å². The topological polar surface area (TPSA) is 54.8 Å². The maximum atomic E-state index is 13.0. The molecule has 2 aromatic rings. The lowest BCUT2D eigenvalue weighted by atomic mass is 10.0. The molecule has 3 fully saturated rings. The number of rotatable bonds is 2. The number of benzene rings is 1. The quantitative estimate of drug-likeness (QED) is 0.831. The Balaban J connectivity index is 1.48. The Kier molecular flexibility index (Phi) is 3.28. The van der Waals surface area contributed by atoms with E-state index in [1.807, 2.05) is 70.1 Å². The van der Waals surface area contributed by atoms with Gasteiger partial charge in [0, 0.05) is 26.2 Å². The summed E-state index contributed by atoms with van der Waals surface area (Å²) in [5.74, 6) is 0.0477. The molecule has 2 amide bonds. The van der Waals surface area contributed by atoms with Crippen LogP contribution in [0.4, 0.5) is 0 Å². The van der Waals surface area contributed by atoms with Gasteiger partial charge in [0.2, 0.25) is 5.91 Å². The van der Waals surface area contributed by atoms with Gasteiger partial charge in [0.25, 0.3) is 5.91 Å². The molecule has 0 aliphatic carbocycles. The minimum Gasteiger partial charge on any atom is -0.351 e. The van der Waals surface area contributed by atoms with E-state index in [1.54, 1.807) is 0 Å². The first-order valence-electron chi connectivity index (χ1n) is 9.05. The fourth-order valence-corrected chi connectivity index (χ4v) is 4.84. The highest BCUT2D eigenvalue weighted by molar-refractivity contribution is 5.94. The molecule has 0 unspecified atom stereocenters. The van der Waals surface area contributed by atoms with Crippen molar-refractivity contribution in [1.82, 2.24) is 14.4 Å². The smallest absolute Gasteiger partial charge is 0.270 e. The van der Waals surface area contributed by atoms with Crippen molar-refractivity contribution >= 4 is 11.8 Å². The summed E-state index contributed by atoms with van der Waals surface area (Å²) in [6.45, 7) is 1.10. The number of hydrogen-bond acceptors (Lipinski definition) is 3. The Morgan fingerprint density at radius 1 is 1.19 bits per heavy atom. The fourth-order valence-electron chi connectivity index (χ4n) is 4.84. The average molecular weight is 351 g/mol. The molecule has 6 heteroatoms. The molecule has 1 aromatic heterocycles. The summed E-state index contributed by atoms with van der Waals surface area (Å²) >= 11 is 0. The molecule has 0 radical (unpaired) electrons. The maximum absolute atomic E-state index is 13.0. The molecule has 0 N–H and O–H groups in total. The third-order valence-corrected chi connectivity index (χ3v) is 6.06. The van der Waals surface area contributed by atoms with Gasteiger partial charge in [0.05, 0.1) is 25.1 Å². The summed E-state index contributed by atoms with van der Waals surface area (Å²) in [5, 5.41) is 0. The van der Waals surface area contributed by atoms with Crippen LogP contribution >= 0.6 is 0 Å². The first kappa shape index (κ1) is 15.6. The molecule has 0 saturated carbocycles. The summed E-state index contributed by atoms with van der Waals surface area (Å²) < 4.78 is 8.08. The summed E-state index contributed by atoms with van der Waals surface area (Å²) in [6, 6.07) is 13.4. The minimum atomic E-state index is -0.668. The Morgan fingerprint density at radius 2 is 2.00 bits per heavy atom. The van der Waals surface area contributed by atoms with Gasteiger partial charge >= 0.3 is 0 Å². The van der Waals surface area contributed by atoms with Crippen LogP contribution in [-0.2, 0) is 16.6 Å². The predicted molar refractivity (Wildman–Crippen MR) is 94.2 cm³/mol. The number of aryl methyl sites for hydroxylation is 1. The summed E-state index contributed by atoms with van der Waals surface area (Å²) in [7, 11) is 1.86. The van der Waals surface area contributed by atoms with Crippen LogP contribution in [0.1, 0.15) is 34.9 Å². The van der Waals surface area contributed by atoms with Gasteiger partial charge in [-0.25, -0.2) is 0 Å². The van der Waals surface area contributed by atoms with E-state index in [0.717, 1.165) is 5.56 Å². The molecule has 3 aliphatic rings. The highest BCUT2D eigenvalue weighted by atomic mass is 16.5. The number of carbonyl (C=O) groups is 2. The Bertz CT molecular complexity index is 877. The zero-order chi connectivity index (χ0) is 17.9. The lowest BCUT2D eigenvalue weighted by Gasteiger charge is -2.33. The Hall–Kier alpha value is -2.60. The van der Waals surface area contributed by atoms with Crippen LogP contribution in [0.25, 0.3) is 0 Å². The monoisotopic (exact) mass is 351 g/mol. The second-order valence-corrected chi connectivity index (χ2v) is 7.32. The molecule has 4 heterocycles. The van der Waals surface area contributed by atoms with Crippen molar-refractivity contribution in [3.8, 4) is 0 Å². The van der Waals surface area contributed by atoms with Crippen molar-refractivity contribution in [1.29, 1.82) is 0 Å². The van der Waals surface area contributed by atoms with Crippen LogP contribution in [0.2, 0.25) is 0 Å². The van der Waals surface area contributed by atoms with Crippen LogP contribution in [0.15, 0.2) is 48.7 Å². The van der Waals surface area contributed by atoms with Gasteiger partial charge in [-0.2, -0.15) is 0 Å². The van der Waals surface area contributed by atoms with E-state index in [2.05, 4.69) is 0 Å². The first-order chi connectivity index (χ1) is 12.6. The molecular formula is C20H21N3O3. The SMILES string of the molecule is Cn1cccc1C(=O)N1CC[C@@]23OC[C@@H](c4ccccc4)N2C(=O)C[C@@H]13. The summed E-state index contributed by atoms with van der Waals surface area (Å²) in [4.78, 5) is 29.6. The maximum Gasteiger partial charge on any atom is 0.270 e. The van der Waals surface area contributed by atoms with Crippen molar-refractivity contribution in [2.45, 2.75) is 30.7 Å². The largest absolute Gasteiger partial charge is 0.351 e. The molecule has 1 aromatic carbocycles. The number of carbonyl (C=O) groups excluding carboxylic acids is 2. The first-order valence-corrected chi connectivity index (χ1v) is 9.05. The molecule has 3 saturated heterocycles. The number of amides is 2. The van der Waals surface area contributed by atoms with Gasteiger partial charge in [-0.1, -0.05) is 30.3 Å². The van der Waals surface area contributed by atoms with Crippen molar-refractivity contribution in [2.75, 3.05) is 13.2 Å². The predicted octanol–water partition coefficient (Wildman–Crippen LogP) is 1.94. The van der Waals surface area contributed by atoms with Gasteiger partial charge in [0.15, 0.2) is 5.72 Å². The number of nitrogens with zero attached hydrogens (tertiary/aromatic N) is 3. The van der Waals surface area contributed by atoms with E-state index in [0.29, 0.717) is 31.7 Å². The number of ether oxygens (including phenoxy) is 1. The number of aromatic nitrogens is 1. The normalized spacial score (nSPS) is 30.0. The van der Waals surface area contributed by atoms with Gasteiger partial charge in [0.1, 0.15) is 5.69 Å². The molecule has 3 atom stereocenters. The minimum absolute atomic E-state index is 0.0270. The highest BCUT2D eigenvalue weighted by Gasteiger charge is 2.65. The van der Waals surface area contributed by atoms with Gasteiger partial charge in [-0.3, -0.25) is 9.59 Å². The molecular weight excluding hydrogens is 330 g/mol. The third kappa shape index (κ3) is 1.96. The van der Waals surface area contributed by atoms with Gasteiger partial charge in [-0.05, 0) is 17.7 Å². The number of likely N-dealkylation sites (tertiary alicyclic amines) is 1. The fraction of sp³-hybridized carbons (Fsp3) is 0.400. The molecule has 5 rings (SSSR count). The van der Waals surface area contributed by atoms with Crippen LogP contribution in [-0.4, -0.2) is 51.1 Å². The zero-order valence-electron chi connectivity index (χ0n) is 14.7. The van der Waals surface area contributed by atoms with E-state index in [1.165, 1.54) is 0 Å². The van der Waals surface area contributed by atoms with Gasteiger partial charge < -0.3 is 19.1 Å². The van der Waals surface area contributed by atoms with E-state index >= 15 is 0 Å². The Labute approximate surface area is 151 Å². The van der Waals surface area contributed by atoms with Gasteiger partial charge in [-0.15, -0.1) is 0 Å². The van der Waals surface area contributed by atoms with Crippen molar-refractivity contribution in [3.63, 3.8) is 0 Å². The molecule has 6 nitrogen and oxygen atoms in total. The van der Waals surface area contributed by atoms with Crippen LogP contribution in [0, 0.1) is 0 Å². The van der Waals surface area contributed by atoms with Crippen molar-refractivity contribution in [3.05, 3.63) is 59.9 Å². The van der Waals surface area contributed by atoms with Crippen molar-refractivity contribution < 1.29 is 14.3 Å². The van der Waals surface area contributed by atoms with E-state index in [4.69, 9.17) is 4.74 Å². The molecule has 3 aliphatic heterocycles.